The normalized spacial score (nSPS) is 28.3. The van der Waals surface area contributed by atoms with E-state index in [0.29, 0.717) is 11.6 Å². The lowest BCUT2D eigenvalue weighted by Crippen LogP contribution is -2.43. The molecule has 0 aromatic carbocycles. The highest BCUT2D eigenvalue weighted by Gasteiger charge is 2.41. The Morgan fingerprint density at radius 1 is 1.59 bits per heavy atom. The van der Waals surface area contributed by atoms with E-state index in [1.54, 1.807) is 25.6 Å². The largest absolute Gasteiger partial charge is 0.383 e. The molecule has 1 aromatic rings. The van der Waals surface area contributed by atoms with Gasteiger partial charge < -0.3 is 14.8 Å². The van der Waals surface area contributed by atoms with E-state index in [2.05, 4.69) is 15.2 Å². The summed E-state index contributed by atoms with van der Waals surface area (Å²) in [4.78, 5) is 18.7. The molecule has 2 aliphatic heterocycles. The molecule has 0 bridgehead atoms. The summed E-state index contributed by atoms with van der Waals surface area (Å²) < 4.78 is 11.1. The molecule has 0 saturated carbocycles. The number of hydrogen-bond donors (Lipinski definition) is 1. The summed E-state index contributed by atoms with van der Waals surface area (Å²) in [5.41, 5.74) is 0.715. The van der Waals surface area contributed by atoms with Crippen LogP contribution in [0.25, 0.3) is 0 Å². The van der Waals surface area contributed by atoms with Gasteiger partial charge in [-0.25, -0.2) is 0 Å². The molecule has 2 fully saturated rings. The second kappa shape index (κ2) is 7.17. The van der Waals surface area contributed by atoms with Crippen LogP contribution in [0.15, 0.2) is 24.5 Å². The predicted octanol–water partition coefficient (Wildman–Crippen LogP) is 1.15. The number of piperidine rings is 1. The minimum Gasteiger partial charge on any atom is -0.383 e. The van der Waals surface area contributed by atoms with Crippen molar-refractivity contribution in [3.63, 3.8) is 0 Å². The van der Waals surface area contributed by atoms with Gasteiger partial charge in [0.1, 0.15) is 6.10 Å². The number of ether oxygens (including phenoxy) is 2. The Balaban J connectivity index is 1.52. The molecule has 3 rings (SSSR count). The molecule has 6 heteroatoms. The minimum absolute atomic E-state index is 0.0640. The van der Waals surface area contributed by atoms with Gasteiger partial charge in [-0.1, -0.05) is 0 Å². The van der Waals surface area contributed by atoms with Crippen LogP contribution in [0.4, 0.5) is 5.69 Å². The molecule has 3 heterocycles. The third kappa shape index (κ3) is 3.63. The number of amides is 1. The van der Waals surface area contributed by atoms with E-state index >= 15 is 0 Å². The summed E-state index contributed by atoms with van der Waals surface area (Å²) in [6, 6.07) is 3.64. The molecule has 0 radical (unpaired) electrons. The number of pyridine rings is 1. The van der Waals surface area contributed by atoms with Crippen molar-refractivity contribution in [2.75, 3.05) is 38.7 Å². The number of carbonyl (C=O) groups excluding carboxylic acids is 1. The Morgan fingerprint density at radius 2 is 2.50 bits per heavy atom. The SMILES string of the molecule is COCCN1CC[C@H]2C[C@H](C(=O)Nc3cccnc3)O[C@@H]2C1. The average molecular weight is 305 g/mol. The van der Waals surface area contributed by atoms with Gasteiger partial charge in [-0.15, -0.1) is 0 Å². The lowest BCUT2D eigenvalue weighted by molar-refractivity contribution is -0.127. The van der Waals surface area contributed by atoms with Crippen molar-refractivity contribution in [1.29, 1.82) is 0 Å². The third-order valence-electron chi connectivity index (χ3n) is 4.47. The summed E-state index contributed by atoms with van der Waals surface area (Å²) in [6.45, 7) is 3.62. The van der Waals surface area contributed by atoms with Gasteiger partial charge in [-0.2, -0.15) is 0 Å². The molecule has 120 valence electrons. The number of methoxy groups -OCH3 is 1. The highest BCUT2D eigenvalue weighted by Crippen LogP contribution is 2.33. The highest BCUT2D eigenvalue weighted by molar-refractivity contribution is 5.94. The fourth-order valence-electron chi connectivity index (χ4n) is 3.25. The number of likely N-dealkylation sites (tertiary alicyclic amines) is 1. The molecule has 6 nitrogen and oxygen atoms in total. The number of nitrogens with one attached hydrogen (secondary N) is 1. The van der Waals surface area contributed by atoms with Crippen molar-refractivity contribution in [3.05, 3.63) is 24.5 Å². The van der Waals surface area contributed by atoms with Gasteiger partial charge in [0.15, 0.2) is 0 Å². The maximum absolute atomic E-state index is 12.3. The number of anilines is 1. The molecule has 22 heavy (non-hydrogen) atoms. The Morgan fingerprint density at radius 3 is 3.27 bits per heavy atom. The fraction of sp³-hybridized carbons (Fsp3) is 0.625. The summed E-state index contributed by atoms with van der Waals surface area (Å²) in [6.07, 6.45) is 5.05. The Bertz CT molecular complexity index is 497. The van der Waals surface area contributed by atoms with Gasteiger partial charge >= 0.3 is 0 Å². The zero-order valence-electron chi connectivity index (χ0n) is 12.9. The summed E-state index contributed by atoms with van der Waals surface area (Å²) in [7, 11) is 1.72. The molecule has 1 aromatic heterocycles. The van der Waals surface area contributed by atoms with Gasteiger partial charge in [0, 0.05) is 26.4 Å². The number of rotatable bonds is 5. The van der Waals surface area contributed by atoms with Crippen LogP contribution in [0.5, 0.6) is 0 Å². The molecule has 1 amide bonds. The van der Waals surface area contributed by atoms with Crippen LogP contribution in [0.1, 0.15) is 12.8 Å². The number of carbonyl (C=O) groups is 1. The Labute approximate surface area is 130 Å². The van der Waals surface area contributed by atoms with Crippen LogP contribution < -0.4 is 5.32 Å². The van der Waals surface area contributed by atoms with Crippen LogP contribution in [0, 0.1) is 5.92 Å². The standard InChI is InChI=1S/C16H23N3O3/c1-21-8-7-19-6-4-12-9-14(22-15(12)11-19)16(20)18-13-3-2-5-17-10-13/h2-3,5,10,12,14-15H,4,6-9,11H2,1H3,(H,18,20)/t12-,14+,15+/m0/s1. The van der Waals surface area contributed by atoms with Crippen LogP contribution in [-0.2, 0) is 14.3 Å². The van der Waals surface area contributed by atoms with Gasteiger partial charge in [0.2, 0.25) is 0 Å². The van der Waals surface area contributed by atoms with E-state index in [4.69, 9.17) is 9.47 Å². The lowest BCUT2D eigenvalue weighted by atomic mass is 9.91. The van der Waals surface area contributed by atoms with Crippen molar-refractivity contribution >= 4 is 11.6 Å². The van der Waals surface area contributed by atoms with E-state index in [1.807, 2.05) is 6.07 Å². The zero-order chi connectivity index (χ0) is 15.4. The van der Waals surface area contributed by atoms with Crippen molar-refractivity contribution in [2.45, 2.75) is 25.0 Å². The highest BCUT2D eigenvalue weighted by atomic mass is 16.5. The molecule has 2 saturated heterocycles. The Hall–Kier alpha value is -1.50. The number of aromatic nitrogens is 1. The average Bonchev–Trinajstić information content (AvgIpc) is 2.97. The third-order valence-corrected chi connectivity index (χ3v) is 4.47. The molecule has 0 aliphatic carbocycles. The van der Waals surface area contributed by atoms with Gasteiger partial charge in [0.25, 0.3) is 5.91 Å². The van der Waals surface area contributed by atoms with Gasteiger partial charge in [-0.3, -0.25) is 14.7 Å². The number of nitrogens with zero attached hydrogens (tertiary/aromatic N) is 2. The lowest BCUT2D eigenvalue weighted by Gasteiger charge is -2.33. The molecule has 3 atom stereocenters. The maximum Gasteiger partial charge on any atom is 0.253 e. The topological polar surface area (TPSA) is 63.7 Å². The first-order valence-electron chi connectivity index (χ1n) is 7.84. The summed E-state index contributed by atoms with van der Waals surface area (Å²) in [5.74, 6) is 0.425. The van der Waals surface area contributed by atoms with E-state index in [0.717, 1.165) is 39.1 Å². The monoisotopic (exact) mass is 305 g/mol. The van der Waals surface area contributed by atoms with Crippen LogP contribution >= 0.6 is 0 Å². The molecular formula is C16H23N3O3. The molecule has 0 spiro atoms. The fourth-order valence-corrected chi connectivity index (χ4v) is 3.25. The van der Waals surface area contributed by atoms with E-state index < -0.39 is 0 Å². The smallest absolute Gasteiger partial charge is 0.253 e. The van der Waals surface area contributed by atoms with Crippen molar-refractivity contribution < 1.29 is 14.3 Å². The van der Waals surface area contributed by atoms with Crippen LogP contribution in [0.3, 0.4) is 0 Å². The second-order valence-electron chi connectivity index (χ2n) is 5.97. The Kier molecular flexibility index (Phi) is 5.02. The molecule has 2 aliphatic rings. The molecular weight excluding hydrogens is 282 g/mol. The first-order chi connectivity index (χ1) is 10.8. The van der Waals surface area contributed by atoms with Crippen LogP contribution in [-0.4, -0.2) is 61.3 Å². The molecule has 1 N–H and O–H groups in total. The minimum atomic E-state index is -0.349. The number of fused-ring (bicyclic) bond motifs is 1. The predicted molar refractivity (Wildman–Crippen MR) is 82.6 cm³/mol. The second-order valence-corrected chi connectivity index (χ2v) is 5.97. The van der Waals surface area contributed by atoms with Crippen molar-refractivity contribution in [3.8, 4) is 0 Å². The van der Waals surface area contributed by atoms with E-state index in [1.165, 1.54) is 0 Å². The van der Waals surface area contributed by atoms with E-state index in [9.17, 15) is 4.79 Å². The number of hydrogen-bond acceptors (Lipinski definition) is 5. The molecule has 0 unspecified atom stereocenters. The van der Waals surface area contributed by atoms with Crippen LogP contribution in [0.2, 0.25) is 0 Å². The van der Waals surface area contributed by atoms with Crippen molar-refractivity contribution in [2.24, 2.45) is 5.92 Å². The van der Waals surface area contributed by atoms with Crippen molar-refractivity contribution in [1.82, 2.24) is 9.88 Å². The van der Waals surface area contributed by atoms with Gasteiger partial charge in [0.05, 0.1) is 24.6 Å². The van der Waals surface area contributed by atoms with E-state index in [-0.39, 0.29) is 18.1 Å². The quantitative estimate of drug-likeness (QED) is 0.884. The first-order valence-corrected chi connectivity index (χ1v) is 7.84. The summed E-state index contributed by atoms with van der Waals surface area (Å²) >= 11 is 0. The first kappa shape index (κ1) is 15.4. The zero-order valence-corrected chi connectivity index (χ0v) is 12.9. The van der Waals surface area contributed by atoms with Gasteiger partial charge in [-0.05, 0) is 37.4 Å². The maximum atomic E-state index is 12.3. The summed E-state index contributed by atoms with van der Waals surface area (Å²) in [5, 5.41) is 2.88.